The monoisotopic (exact) mass is 508 g/mol. The number of nitrogens with zero attached hydrogens (tertiary/aromatic N) is 8. The zero-order valence-electron chi connectivity index (χ0n) is 22.1. The molecule has 5 rings (SSSR count). The van der Waals surface area contributed by atoms with Crippen LogP contribution in [0, 0.1) is 0 Å². The second-order valence-electron chi connectivity index (χ2n) is 10.8. The van der Waals surface area contributed by atoms with E-state index in [9.17, 15) is 0 Å². The summed E-state index contributed by atoms with van der Waals surface area (Å²) in [5, 5.41) is 9.48. The lowest BCUT2D eigenvalue weighted by atomic mass is 10.1. The van der Waals surface area contributed by atoms with Crippen LogP contribution in [0.1, 0.15) is 6.92 Å². The van der Waals surface area contributed by atoms with Crippen LogP contribution >= 0.6 is 0 Å². The number of hydrogen-bond donors (Lipinski definition) is 0. The van der Waals surface area contributed by atoms with Gasteiger partial charge in [-0.1, -0.05) is 19.6 Å². The number of morpholine rings is 1. The summed E-state index contributed by atoms with van der Waals surface area (Å²) in [6, 6.07) is 5.49. The molecule has 36 heavy (non-hydrogen) atoms. The molecule has 0 bridgehead atoms. The minimum Gasteiger partial charge on any atom is -0.377 e. The molecule has 0 aliphatic carbocycles. The number of pyridine rings is 1. The van der Waals surface area contributed by atoms with E-state index in [1.54, 1.807) is 6.20 Å². The minimum atomic E-state index is -1.16. The molecule has 10 nitrogen and oxygen atoms in total. The summed E-state index contributed by atoms with van der Waals surface area (Å²) < 4.78 is 17.5. The van der Waals surface area contributed by atoms with Crippen molar-refractivity contribution in [2.45, 2.75) is 45.4 Å². The lowest BCUT2D eigenvalue weighted by Gasteiger charge is -2.34. The average Bonchev–Trinajstić information content (AvgIpc) is 3.55. The maximum absolute atomic E-state index is 6.01. The molecule has 1 fully saturated rings. The highest BCUT2D eigenvalue weighted by Gasteiger charge is 2.26. The van der Waals surface area contributed by atoms with E-state index in [-0.39, 0.29) is 6.04 Å². The Hall–Kier alpha value is -3.02. The van der Waals surface area contributed by atoms with Crippen molar-refractivity contribution in [3.8, 4) is 22.6 Å². The molecule has 5 heterocycles. The van der Waals surface area contributed by atoms with Gasteiger partial charge in [0.2, 0.25) is 0 Å². The number of rotatable bonds is 8. The number of aromatic nitrogens is 7. The summed E-state index contributed by atoms with van der Waals surface area (Å²) in [4.78, 5) is 11.9. The Labute approximate surface area is 212 Å². The molecule has 1 saturated heterocycles. The van der Waals surface area contributed by atoms with Crippen LogP contribution in [-0.4, -0.2) is 74.6 Å². The fourth-order valence-corrected chi connectivity index (χ4v) is 5.39. The summed E-state index contributed by atoms with van der Waals surface area (Å²) >= 11 is 0. The Balaban J connectivity index is 1.60. The SMILES string of the molecule is CC1COCCN1c1cc(-c2cncn2C)c2c(n1)c(-c1ccnn1COCC[Si](C)(C)C)nn2C. The topological polar surface area (TPSA) is 88.1 Å². The number of aryl methyl sites for hydroxylation is 2. The maximum Gasteiger partial charge on any atom is 0.140 e. The van der Waals surface area contributed by atoms with Crippen molar-refractivity contribution >= 4 is 24.9 Å². The fourth-order valence-electron chi connectivity index (χ4n) is 4.63. The normalized spacial score (nSPS) is 16.8. The Morgan fingerprint density at radius 1 is 1.19 bits per heavy atom. The van der Waals surface area contributed by atoms with Gasteiger partial charge in [-0.05, 0) is 25.1 Å². The molecule has 0 amide bonds. The van der Waals surface area contributed by atoms with Gasteiger partial charge in [-0.15, -0.1) is 0 Å². The number of fused-ring (bicyclic) bond motifs is 1. The summed E-state index contributed by atoms with van der Waals surface area (Å²) in [5.74, 6) is 0.918. The van der Waals surface area contributed by atoms with Gasteiger partial charge >= 0.3 is 0 Å². The van der Waals surface area contributed by atoms with E-state index in [4.69, 9.17) is 19.6 Å². The Morgan fingerprint density at radius 2 is 2.03 bits per heavy atom. The van der Waals surface area contributed by atoms with E-state index in [1.807, 2.05) is 46.6 Å². The van der Waals surface area contributed by atoms with Crippen LogP contribution in [0.3, 0.4) is 0 Å². The van der Waals surface area contributed by atoms with Gasteiger partial charge in [-0.25, -0.2) is 14.6 Å². The predicted molar refractivity (Wildman–Crippen MR) is 144 cm³/mol. The number of ether oxygens (including phenoxy) is 2. The molecule has 11 heteroatoms. The van der Waals surface area contributed by atoms with Crippen molar-refractivity contribution in [3.63, 3.8) is 0 Å². The highest BCUT2D eigenvalue weighted by Crippen LogP contribution is 2.36. The quantitative estimate of drug-likeness (QED) is 0.264. The minimum absolute atomic E-state index is 0.230. The van der Waals surface area contributed by atoms with E-state index in [2.05, 4.69) is 47.6 Å². The van der Waals surface area contributed by atoms with Gasteiger partial charge < -0.3 is 18.9 Å². The average molecular weight is 509 g/mol. The van der Waals surface area contributed by atoms with Gasteiger partial charge in [0.25, 0.3) is 0 Å². The van der Waals surface area contributed by atoms with Gasteiger partial charge in [-0.2, -0.15) is 10.2 Å². The third-order valence-corrected chi connectivity index (χ3v) is 8.40. The number of imidazole rings is 1. The molecule has 0 radical (unpaired) electrons. The summed E-state index contributed by atoms with van der Waals surface area (Å²) in [6.07, 6.45) is 5.51. The van der Waals surface area contributed by atoms with E-state index in [0.717, 1.165) is 58.7 Å². The first-order valence-corrected chi connectivity index (χ1v) is 16.2. The second kappa shape index (κ2) is 9.79. The van der Waals surface area contributed by atoms with Crippen LogP contribution in [0.2, 0.25) is 25.7 Å². The first kappa shape index (κ1) is 24.7. The lowest BCUT2D eigenvalue weighted by Crippen LogP contribution is -2.44. The highest BCUT2D eigenvalue weighted by atomic mass is 28.3. The summed E-state index contributed by atoms with van der Waals surface area (Å²) in [7, 11) is 2.82. The molecule has 1 aliphatic rings. The third-order valence-electron chi connectivity index (χ3n) is 6.70. The highest BCUT2D eigenvalue weighted by molar-refractivity contribution is 6.76. The number of hydrogen-bond acceptors (Lipinski definition) is 7. The van der Waals surface area contributed by atoms with Crippen LogP contribution in [0.5, 0.6) is 0 Å². The van der Waals surface area contributed by atoms with Crippen molar-refractivity contribution in [1.82, 2.24) is 34.1 Å². The van der Waals surface area contributed by atoms with E-state index in [1.165, 1.54) is 0 Å². The molecule has 192 valence electrons. The molecule has 4 aromatic heterocycles. The Morgan fingerprint density at radius 3 is 2.75 bits per heavy atom. The van der Waals surface area contributed by atoms with Crippen LogP contribution in [0.15, 0.2) is 30.9 Å². The smallest absolute Gasteiger partial charge is 0.140 e. The fraction of sp³-hybridized carbons (Fsp3) is 0.520. The Kier molecular flexibility index (Phi) is 6.71. The first-order valence-electron chi connectivity index (χ1n) is 12.5. The molecule has 1 aliphatic heterocycles. The van der Waals surface area contributed by atoms with Crippen molar-refractivity contribution < 1.29 is 9.47 Å². The van der Waals surface area contributed by atoms with Crippen molar-refractivity contribution in [2.24, 2.45) is 14.1 Å². The van der Waals surface area contributed by atoms with Gasteiger partial charge in [0, 0.05) is 47.1 Å². The van der Waals surface area contributed by atoms with Crippen molar-refractivity contribution in [3.05, 3.63) is 30.9 Å². The summed E-state index contributed by atoms with van der Waals surface area (Å²) in [6.45, 7) is 12.5. The first-order chi connectivity index (χ1) is 17.2. The Bertz CT molecular complexity index is 1350. The maximum atomic E-state index is 6.01. The van der Waals surface area contributed by atoms with Crippen LogP contribution in [0.4, 0.5) is 5.82 Å². The zero-order chi connectivity index (χ0) is 25.4. The molecule has 0 N–H and O–H groups in total. The molecule has 4 aromatic rings. The van der Waals surface area contributed by atoms with E-state index >= 15 is 0 Å². The molecule has 1 unspecified atom stereocenters. The number of anilines is 1. The van der Waals surface area contributed by atoms with Crippen LogP contribution in [0.25, 0.3) is 33.7 Å². The van der Waals surface area contributed by atoms with E-state index < -0.39 is 8.07 Å². The molecule has 1 atom stereocenters. The molecule has 0 spiro atoms. The standard InChI is InChI=1S/C25H36N8O2Si/c1-18-15-34-10-9-32(18)22-13-19(21-14-26-16-30(21)2)25-24(28-22)23(29-31(25)3)20-7-8-27-33(20)17-35-11-12-36(4,5)6/h7-8,13-14,16,18H,9-12,15,17H2,1-6H3. The summed E-state index contributed by atoms with van der Waals surface area (Å²) in [5.41, 5.74) is 5.56. The van der Waals surface area contributed by atoms with Gasteiger partial charge in [0.15, 0.2) is 0 Å². The largest absolute Gasteiger partial charge is 0.377 e. The zero-order valence-corrected chi connectivity index (χ0v) is 23.1. The molecular weight excluding hydrogens is 472 g/mol. The van der Waals surface area contributed by atoms with Crippen LogP contribution < -0.4 is 4.90 Å². The van der Waals surface area contributed by atoms with Gasteiger partial charge in [0.05, 0.1) is 48.7 Å². The molecule has 0 saturated carbocycles. The van der Waals surface area contributed by atoms with Crippen molar-refractivity contribution in [1.29, 1.82) is 0 Å². The molecule has 0 aromatic carbocycles. The predicted octanol–water partition coefficient (Wildman–Crippen LogP) is 3.77. The van der Waals surface area contributed by atoms with E-state index in [0.29, 0.717) is 19.9 Å². The third kappa shape index (κ3) is 4.82. The van der Waals surface area contributed by atoms with Crippen LogP contribution in [-0.2, 0) is 30.3 Å². The van der Waals surface area contributed by atoms with Crippen molar-refractivity contribution in [2.75, 3.05) is 31.3 Å². The lowest BCUT2D eigenvalue weighted by molar-refractivity contribution is 0.0797. The van der Waals surface area contributed by atoms with Gasteiger partial charge in [0.1, 0.15) is 23.8 Å². The van der Waals surface area contributed by atoms with Gasteiger partial charge in [-0.3, -0.25) is 4.68 Å². The molecular formula is C25H36N8O2Si. The second-order valence-corrected chi connectivity index (χ2v) is 16.4.